The van der Waals surface area contributed by atoms with Crippen LogP contribution < -0.4 is 0 Å². The minimum atomic E-state index is 0.220. The molecule has 2 unspecified atom stereocenters. The van der Waals surface area contributed by atoms with Crippen LogP contribution in [-0.2, 0) is 0 Å². The summed E-state index contributed by atoms with van der Waals surface area (Å²) in [6.07, 6.45) is 3.73. The van der Waals surface area contributed by atoms with Crippen molar-refractivity contribution in [3.05, 3.63) is 20.3 Å². The number of ketones is 1. The molecule has 1 nitrogen and oxygen atoms in total. The largest absolute Gasteiger partial charge is 0.294 e. The Balaban J connectivity index is 1.84. The Bertz CT molecular complexity index is 416. The molecule has 0 radical (unpaired) electrons. The first-order valence-corrected chi connectivity index (χ1v) is 6.75. The number of hydrogen-bond acceptors (Lipinski definition) is 2. The summed E-state index contributed by atoms with van der Waals surface area (Å²) in [6, 6.07) is 1.71. The second-order valence-electron chi connectivity index (χ2n) is 4.39. The van der Waals surface area contributed by atoms with E-state index in [-0.39, 0.29) is 11.7 Å². The first-order valence-electron chi connectivity index (χ1n) is 5.17. The second-order valence-corrected chi connectivity index (χ2v) is 6.67. The van der Waals surface area contributed by atoms with Gasteiger partial charge in [0.05, 0.1) is 4.34 Å². The summed E-state index contributed by atoms with van der Waals surface area (Å²) < 4.78 is 1.16. The number of halogens is 2. The molecule has 1 aromatic rings. The predicted molar refractivity (Wildman–Crippen MR) is 63.0 cm³/mol. The average Bonchev–Trinajstić information content (AvgIpc) is 2.58. The Morgan fingerprint density at radius 3 is 2.53 bits per heavy atom. The number of rotatable bonds is 2. The van der Waals surface area contributed by atoms with Gasteiger partial charge in [-0.2, -0.15) is 0 Å². The Morgan fingerprint density at radius 1 is 1.33 bits per heavy atom. The Morgan fingerprint density at radius 2 is 2.00 bits per heavy atom. The zero-order chi connectivity index (χ0) is 10.6. The standard InChI is InChI=1S/C11H10Cl2OS/c12-8-4-7(11(13)15-8)10(14)9-5-2-1-3-6(5)9/h4-6,9H,1-3H2. The molecule has 2 aliphatic carbocycles. The van der Waals surface area contributed by atoms with Gasteiger partial charge >= 0.3 is 0 Å². The third-order valence-corrected chi connectivity index (χ3v) is 5.12. The lowest BCUT2D eigenvalue weighted by atomic mass is 10.0. The van der Waals surface area contributed by atoms with Gasteiger partial charge < -0.3 is 0 Å². The minimum Gasteiger partial charge on any atom is -0.294 e. The van der Waals surface area contributed by atoms with Crippen LogP contribution in [0, 0.1) is 17.8 Å². The number of carbonyl (C=O) groups is 1. The van der Waals surface area contributed by atoms with Crippen LogP contribution >= 0.6 is 34.5 Å². The lowest BCUT2D eigenvalue weighted by molar-refractivity contribution is 0.0952. The lowest BCUT2D eigenvalue weighted by Crippen LogP contribution is -2.05. The summed E-state index contributed by atoms with van der Waals surface area (Å²) in [5, 5.41) is 0. The molecule has 0 saturated heterocycles. The van der Waals surface area contributed by atoms with Crippen molar-refractivity contribution >= 4 is 40.3 Å². The maximum atomic E-state index is 12.1. The number of Topliss-reactive ketones (excluding diaryl/α,β-unsaturated/α-hetero) is 1. The van der Waals surface area contributed by atoms with Gasteiger partial charge in [-0.3, -0.25) is 4.79 Å². The summed E-state index contributed by atoms with van der Waals surface area (Å²) in [5.74, 6) is 1.76. The molecule has 2 atom stereocenters. The Kier molecular flexibility index (Phi) is 2.35. The van der Waals surface area contributed by atoms with Crippen molar-refractivity contribution in [1.82, 2.24) is 0 Å². The van der Waals surface area contributed by atoms with Crippen molar-refractivity contribution in [2.24, 2.45) is 17.8 Å². The van der Waals surface area contributed by atoms with Gasteiger partial charge in [-0.15, -0.1) is 11.3 Å². The van der Waals surface area contributed by atoms with E-state index in [1.54, 1.807) is 6.07 Å². The fourth-order valence-corrected chi connectivity index (χ4v) is 4.37. The fourth-order valence-electron chi connectivity index (χ4n) is 2.90. The number of hydrogen-bond donors (Lipinski definition) is 0. The van der Waals surface area contributed by atoms with E-state index in [2.05, 4.69) is 0 Å². The van der Waals surface area contributed by atoms with Gasteiger partial charge in [0.25, 0.3) is 0 Å². The van der Waals surface area contributed by atoms with Crippen LogP contribution in [0.4, 0.5) is 0 Å². The molecule has 3 rings (SSSR count). The van der Waals surface area contributed by atoms with Crippen molar-refractivity contribution < 1.29 is 4.79 Å². The summed E-state index contributed by atoms with van der Waals surface area (Å²) in [4.78, 5) is 12.1. The average molecular weight is 261 g/mol. The molecule has 0 spiro atoms. The van der Waals surface area contributed by atoms with E-state index in [9.17, 15) is 4.79 Å². The quantitative estimate of drug-likeness (QED) is 0.726. The molecule has 0 aromatic carbocycles. The van der Waals surface area contributed by atoms with Gasteiger partial charge in [0.2, 0.25) is 0 Å². The minimum absolute atomic E-state index is 0.220. The van der Waals surface area contributed by atoms with Crippen LogP contribution in [0.1, 0.15) is 29.6 Å². The fraction of sp³-hybridized carbons (Fsp3) is 0.545. The van der Waals surface area contributed by atoms with E-state index >= 15 is 0 Å². The van der Waals surface area contributed by atoms with Crippen LogP contribution in [0.15, 0.2) is 6.07 Å². The van der Waals surface area contributed by atoms with Gasteiger partial charge in [0, 0.05) is 11.5 Å². The molecule has 0 N–H and O–H groups in total. The van der Waals surface area contributed by atoms with Crippen molar-refractivity contribution in [3.8, 4) is 0 Å². The number of carbonyl (C=O) groups excluding carboxylic acids is 1. The summed E-state index contributed by atoms with van der Waals surface area (Å²) in [7, 11) is 0. The van der Waals surface area contributed by atoms with E-state index in [0.717, 1.165) is 0 Å². The third-order valence-electron chi connectivity index (χ3n) is 3.63. The molecular weight excluding hydrogens is 251 g/mol. The van der Waals surface area contributed by atoms with Gasteiger partial charge in [-0.1, -0.05) is 29.6 Å². The molecule has 1 heterocycles. The zero-order valence-corrected chi connectivity index (χ0v) is 10.3. The van der Waals surface area contributed by atoms with E-state index in [4.69, 9.17) is 23.2 Å². The number of thiophene rings is 1. The van der Waals surface area contributed by atoms with Crippen LogP contribution in [0.3, 0.4) is 0 Å². The summed E-state index contributed by atoms with van der Waals surface area (Å²) >= 11 is 13.1. The molecule has 80 valence electrons. The Labute approximate surface area is 102 Å². The first kappa shape index (κ1) is 10.1. The molecule has 0 amide bonds. The van der Waals surface area contributed by atoms with Gasteiger partial charge in [0.1, 0.15) is 4.34 Å². The first-order chi connectivity index (χ1) is 7.18. The molecular formula is C11H10Cl2OS. The Hall–Kier alpha value is -0.0500. The van der Waals surface area contributed by atoms with Crippen molar-refractivity contribution in [2.75, 3.05) is 0 Å². The maximum Gasteiger partial charge on any atom is 0.168 e. The summed E-state index contributed by atoms with van der Waals surface area (Å²) in [6.45, 7) is 0. The highest BCUT2D eigenvalue weighted by molar-refractivity contribution is 7.20. The second kappa shape index (κ2) is 3.47. The highest BCUT2D eigenvalue weighted by Crippen LogP contribution is 2.59. The highest BCUT2D eigenvalue weighted by atomic mass is 35.5. The molecule has 0 bridgehead atoms. The van der Waals surface area contributed by atoms with Gasteiger partial charge in [0.15, 0.2) is 5.78 Å². The molecule has 0 aliphatic heterocycles. The normalized spacial score (nSPS) is 32.8. The third kappa shape index (κ3) is 1.54. The molecule has 2 aliphatic rings. The smallest absolute Gasteiger partial charge is 0.168 e. The molecule has 2 saturated carbocycles. The SMILES string of the molecule is O=C(c1cc(Cl)sc1Cl)C1C2CCCC21. The van der Waals surface area contributed by atoms with Crippen molar-refractivity contribution in [1.29, 1.82) is 0 Å². The van der Waals surface area contributed by atoms with Crippen LogP contribution in [0.25, 0.3) is 0 Å². The summed E-state index contributed by atoms with van der Waals surface area (Å²) in [5.41, 5.74) is 0.645. The lowest BCUT2D eigenvalue weighted by Gasteiger charge is -2.00. The topological polar surface area (TPSA) is 17.1 Å². The molecule has 4 heteroatoms. The van der Waals surface area contributed by atoms with Gasteiger partial charge in [-0.25, -0.2) is 0 Å². The van der Waals surface area contributed by atoms with Crippen LogP contribution in [-0.4, -0.2) is 5.78 Å². The molecule has 1 aromatic heterocycles. The molecule has 2 fully saturated rings. The van der Waals surface area contributed by atoms with E-state index in [0.29, 0.717) is 26.1 Å². The monoisotopic (exact) mass is 260 g/mol. The van der Waals surface area contributed by atoms with Crippen molar-refractivity contribution in [2.45, 2.75) is 19.3 Å². The number of fused-ring (bicyclic) bond motifs is 1. The van der Waals surface area contributed by atoms with Crippen molar-refractivity contribution in [3.63, 3.8) is 0 Å². The van der Waals surface area contributed by atoms with E-state index in [1.165, 1.54) is 30.6 Å². The van der Waals surface area contributed by atoms with E-state index < -0.39 is 0 Å². The zero-order valence-electron chi connectivity index (χ0n) is 8.00. The van der Waals surface area contributed by atoms with Crippen LogP contribution in [0.2, 0.25) is 8.67 Å². The van der Waals surface area contributed by atoms with E-state index in [1.807, 2.05) is 0 Å². The molecule has 15 heavy (non-hydrogen) atoms. The van der Waals surface area contributed by atoms with Crippen LogP contribution in [0.5, 0.6) is 0 Å². The maximum absolute atomic E-state index is 12.1. The highest BCUT2D eigenvalue weighted by Gasteiger charge is 2.56. The van der Waals surface area contributed by atoms with Gasteiger partial charge in [-0.05, 0) is 30.7 Å². The predicted octanol–water partition coefficient (Wildman–Crippen LogP) is 4.28.